The monoisotopic (exact) mass is 142 g/mol. The molecular weight excluding hydrogens is 132 g/mol. The first kappa shape index (κ1) is 6.92. The SMILES string of the molecule is CC(C)c1cc(=O)[nH]n1O. The number of H-pyrrole nitrogens is 1. The second kappa shape index (κ2) is 2.21. The molecule has 0 aliphatic rings. The lowest BCUT2D eigenvalue weighted by atomic mass is 10.1. The van der Waals surface area contributed by atoms with E-state index in [1.54, 1.807) is 0 Å². The van der Waals surface area contributed by atoms with E-state index >= 15 is 0 Å². The number of hydrogen-bond donors (Lipinski definition) is 2. The second-order valence-electron chi connectivity index (χ2n) is 2.51. The maximum Gasteiger partial charge on any atom is 0.267 e. The Morgan fingerprint density at radius 2 is 2.30 bits per heavy atom. The molecule has 1 rings (SSSR count). The van der Waals surface area contributed by atoms with Gasteiger partial charge in [-0.3, -0.25) is 4.79 Å². The van der Waals surface area contributed by atoms with Crippen LogP contribution in [0, 0.1) is 0 Å². The first-order valence-corrected chi connectivity index (χ1v) is 3.12. The Morgan fingerprint density at radius 1 is 1.70 bits per heavy atom. The van der Waals surface area contributed by atoms with Gasteiger partial charge in [-0.1, -0.05) is 13.8 Å². The van der Waals surface area contributed by atoms with E-state index in [1.807, 2.05) is 13.8 Å². The predicted molar refractivity (Wildman–Crippen MR) is 36.3 cm³/mol. The van der Waals surface area contributed by atoms with Gasteiger partial charge in [-0.15, -0.1) is 4.85 Å². The summed E-state index contributed by atoms with van der Waals surface area (Å²) in [5, 5.41) is 11.2. The van der Waals surface area contributed by atoms with E-state index in [2.05, 4.69) is 5.10 Å². The highest BCUT2D eigenvalue weighted by molar-refractivity contribution is 5.03. The lowest BCUT2D eigenvalue weighted by molar-refractivity contribution is 0.136. The zero-order chi connectivity index (χ0) is 7.72. The Bertz CT molecular complexity index is 272. The average Bonchev–Trinajstić information content (AvgIpc) is 2.10. The molecule has 0 atom stereocenters. The summed E-state index contributed by atoms with van der Waals surface area (Å²) in [6.07, 6.45) is 0. The summed E-state index contributed by atoms with van der Waals surface area (Å²) in [4.78, 5) is 11.3. The van der Waals surface area contributed by atoms with Crippen molar-refractivity contribution in [2.75, 3.05) is 0 Å². The van der Waals surface area contributed by atoms with Gasteiger partial charge < -0.3 is 5.21 Å². The molecule has 10 heavy (non-hydrogen) atoms. The summed E-state index contributed by atoms with van der Waals surface area (Å²) in [6, 6.07) is 1.38. The van der Waals surface area contributed by atoms with Crippen molar-refractivity contribution in [2.45, 2.75) is 19.8 Å². The quantitative estimate of drug-likeness (QED) is 0.562. The molecule has 4 heteroatoms. The maximum absolute atomic E-state index is 10.6. The zero-order valence-corrected chi connectivity index (χ0v) is 5.96. The van der Waals surface area contributed by atoms with Gasteiger partial charge >= 0.3 is 0 Å². The van der Waals surface area contributed by atoms with E-state index < -0.39 is 0 Å². The van der Waals surface area contributed by atoms with E-state index in [4.69, 9.17) is 5.21 Å². The van der Waals surface area contributed by atoms with Crippen LogP contribution in [0.1, 0.15) is 25.5 Å². The lowest BCUT2D eigenvalue weighted by Crippen LogP contribution is -2.03. The van der Waals surface area contributed by atoms with Crippen molar-refractivity contribution in [3.05, 3.63) is 22.1 Å². The summed E-state index contributed by atoms with van der Waals surface area (Å²) >= 11 is 0. The highest BCUT2D eigenvalue weighted by atomic mass is 16.5. The third-order valence-electron chi connectivity index (χ3n) is 1.33. The standard InChI is InChI=1S/C6H10N2O2/c1-4(2)5-3-6(9)7-8(5)10/h3-4,10H,1-2H3,(H,7,9). The van der Waals surface area contributed by atoms with Gasteiger partial charge in [0.05, 0.1) is 5.69 Å². The summed E-state index contributed by atoms with van der Waals surface area (Å²) in [7, 11) is 0. The van der Waals surface area contributed by atoms with Gasteiger partial charge in [0, 0.05) is 6.07 Å². The molecule has 0 saturated heterocycles. The van der Waals surface area contributed by atoms with Crippen LogP contribution in [0.25, 0.3) is 0 Å². The summed E-state index contributed by atoms with van der Waals surface area (Å²) in [5.41, 5.74) is 0.330. The number of nitrogens with one attached hydrogen (secondary N) is 1. The molecule has 0 amide bonds. The van der Waals surface area contributed by atoms with Gasteiger partial charge in [-0.2, -0.15) is 0 Å². The smallest absolute Gasteiger partial charge is 0.267 e. The molecule has 4 nitrogen and oxygen atoms in total. The topological polar surface area (TPSA) is 58.0 Å². The molecule has 2 N–H and O–H groups in total. The number of aromatic nitrogens is 2. The molecular formula is C6H10N2O2. The Labute approximate surface area is 58.0 Å². The Hall–Kier alpha value is -1.19. The molecule has 0 radical (unpaired) electrons. The molecule has 1 aromatic rings. The molecule has 0 aromatic carbocycles. The van der Waals surface area contributed by atoms with Crippen LogP contribution in [-0.4, -0.2) is 15.2 Å². The Balaban J connectivity index is 3.15. The van der Waals surface area contributed by atoms with Crippen molar-refractivity contribution in [3.63, 3.8) is 0 Å². The van der Waals surface area contributed by atoms with Gasteiger partial charge in [0.1, 0.15) is 0 Å². The zero-order valence-electron chi connectivity index (χ0n) is 5.96. The van der Waals surface area contributed by atoms with E-state index in [0.29, 0.717) is 5.69 Å². The van der Waals surface area contributed by atoms with Gasteiger partial charge in [0.25, 0.3) is 5.56 Å². The normalized spacial score (nSPS) is 10.7. The number of rotatable bonds is 1. The fourth-order valence-electron chi connectivity index (χ4n) is 0.808. The molecule has 1 aromatic heterocycles. The fourth-order valence-corrected chi connectivity index (χ4v) is 0.808. The third-order valence-corrected chi connectivity index (χ3v) is 1.33. The molecule has 0 fully saturated rings. The van der Waals surface area contributed by atoms with Crippen molar-refractivity contribution >= 4 is 0 Å². The molecule has 56 valence electrons. The average molecular weight is 142 g/mol. The first-order chi connectivity index (χ1) is 4.61. The molecule has 1 heterocycles. The van der Waals surface area contributed by atoms with Gasteiger partial charge in [0.15, 0.2) is 0 Å². The van der Waals surface area contributed by atoms with Crippen LogP contribution >= 0.6 is 0 Å². The predicted octanol–water partition coefficient (Wildman–Crippen LogP) is 0.537. The summed E-state index contributed by atoms with van der Waals surface area (Å²) in [6.45, 7) is 3.80. The highest BCUT2D eigenvalue weighted by Crippen LogP contribution is 2.08. The van der Waals surface area contributed by atoms with Crippen LogP contribution in [0.15, 0.2) is 10.9 Å². The minimum atomic E-state index is -0.272. The van der Waals surface area contributed by atoms with Crippen LogP contribution in [0.4, 0.5) is 0 Å². The largest absolute Gasteiger partial charge is 0.413 e. The van der Waals surface area contributed by atoms with E-state index in [-0.39, 0.29) is 11.5 Å². The third kappa shape index (κ3) is 1.05. The highest BCUT2D eigenvalue weighted by Gasteiger charge is 2.05. The second-order valence-corrected chi connectivity index (χ2v) is 2.51. The van der Waals surface area contributed by atoms with Crippen molar-refractivity contribution in [3.8, 4) is 0 Å². The lowest BCUT2D eigenvalue weighted by Gasteiger charge is -2.01. The molecule has 0 spiro atoms. The van der Waals surface area contributed by atoms with Crippen LogP contribution < -0.4 is 5.56 Å². The molecule has 0 aliphatic carbocycles. The van der Waals surface area contributed by atoms with Crippen molar-refractivity contribution < 1.29 is 5.21 Å². The van der Waals surface area contributed by atoms with E-state index in [0.717, 1.165) is 4.85 Å². The van der Waals surface area contributed by atoms with Crippen molar-refractivity contribution in [2.24, 2.45) is 0 Å². The maximum atomic E-state index is 10.6. The minimum Gasteiger partial charge on any atom is -0.413 e. The van der Waals surface area contributed by atoms with Gasteiger partial charge in [-0.25, -0.2) is 5.10 Å². The number of aromatic amines is 1. The van der Waals surface area contributed by atoms with E-state index in [9.17, 15) is 4.79 Å². The molecule has 0 unspecified atom stereocenters. The van der Waals surface area contributed by atoms with Crippen molar-refractivity contribution in [1.82, 2.24) is 9.94 Å². The first-order valence-electron chi connectivity index (χ1n) is 3.12. The van der Waals surface area contributed by atoms with Crippen LogP contribution in [0.2, 0.25) is 0 Å². The molecule has 0 bridgehead atoms. The van der Waals surface area contributed by atoms with Gasteiger partial charge in [-0.05, 0) is 5.92 Å². The number of nitrogens with zero attached hydrogens (tertiary/aromatic N) is 1. The number of hydrogen-bond acceptors (Lipinski definition) is 2. The van der Waals surface area contributed by atoms with Crippen molar-refractivity contribution in [1.29, 1.82) is 0 Å². The van der Waals surface area contributed by atoms with Crippen LogP contribution in [-0.2, 0) is 0 Å². The van der Waals surface area contributed by atoms with Crippen LogP contribution in [0.3, 0.4) is 0 Å². The molecule has 0 saturated carbocycles. The van der Waals surface area contributed by atoms with Gasteiger partial charge in [0.2, 0.25) is 0 Å². The Morgan fingerprint density at radius 3 is 2.50 bits per heavy atom. The summed E-state index contributed by atoms with van der Waals surface area (Å²) in [5.74, 6) is 0.156. The van der Waals surface area contributed by atoms with Crippen LogP contribution in [0.5, 0.6) is 0 Å². The fraction of sp³-hybridized carbons (Fsp3) is 0.500. The Kier molecular flexibility index (Phi) is 1.53. The van der Waals surface area contributed by atoms with E-state index in [1.165, 1.54) is 6.07 Å². The summed E-state index contributed by atoms with van der Waals surface area (Å²) < 4.78 is 0. The molecule has 0 aliphatic heterocycles. The minimum absolute atomic E-state index is 0.156.